The first-order valence-electron chi connectivity index (χ1n) is 12.8. The molecule has 1 atom stereocenters. The van der Waals surface area contributed by atoms with Gasteiger partial charge in [0.2, 0.25) is 5.95 Å². The first kappa shape index (κ1) is 21.8. The number of hydrogen-bond donors (Lipinski definition) is 1. The zero-order valence-corrected chi connectivity index (χ0v) is 19.3. The van der Waals surface area contributed by atoms with Crippen molar-refractivity contribution in [3.8, 4) is 11.3 Å². The minimum atomic E-state index is 0.0990. The van der Waals surface area contributed by atoms with Crippen molar-refractivity contribution in [1.82, 2.24) is 24.6 Å². The Kier molecular flexibility index (Phi) is 7.03. The zero-order valence-electron chi connectivity index (χ0n) is 19.3. The van der Waals surface area contributed by atoms with Crippen molar-refractivity contribution in [3.05, 3.63) is 24.2 Å². The molecule has 0 aromatic carbocycles. The van der Waals surface area contributed by atoms with E-state index < -0.39 is 0 Å². The van der Waals surface area contributed by atoms with E-state index in [2.05, 4.69) is 21.0 Å². The number of nitrogens with zero attached hydrogens (tertiary/aromatic N) is 6. The molecule has 1 saturated carbocycles. The summed E-state index contributed by atoms with van der Waals surface area (Å²) < 4.78 is 1.91. The number of aliphatic hydroxyl groups is 1. The molecule has 7 heteroatoms. The Bertz CT molecular complexity index is 871. The van der Waals surface area contributed by atoms with E-state index in [9.17, 15) is 5.11 Å². The van der Waals surface area contributed by atoms with Gasteiger partial charge in [-0.25, -0.2) is 9.97 Å². The van der Waals surface area contributed by atoms with Gasteiger partial charge in [-0.1, -0.05) is 19.3 Å². The van der Waals surface area contributed by atoms with Crippen LogP contribution in [0.1, 0.15) is 69.4 Å². The van der Waals surface area contributed by atoms with Crippen molar-refractivity contribution in [1.29, 1.82) is 0 Å². The van der Waals surface area contributed by atoms with Crippen LogP contribution in [-0.2, 0) is 6.54 Å². The normalized spacial score (nSPS) is 23.2. The number of anilines is 1. The lowest BCUT2D eigenvalue weighted by molar-refractivity contribution is 0.159. The van der Waals surface area contributed by atoms with Crippen LogP contribution < -0.4 is 4.90 Å². The van der Waals surface area contributed by atoms with Crippen molar-refractivity contribution in [2.24, 2.45) is 5.92 Å². The molecule has 0 unspecified atom stereocenters. The summed E-state index contributed by atoms with van der Waals surface area (Å²) in [5, 5.41) is 14.5. The highest BCUT2D eigenvalue weighted by atomic mass is 16.3. The van der Waals surface area contributed by atoms with E-state index in [-0.39, 0.29) is 6.61 Å². The largest absolute Gasteiger partial charge is 0.394 e. The third-order valence-corrected chi connectivity index (χ3v) is 7.56. The second-order valence-electron chi connectivity index (χ2n) is 9.95. The molecule has 3 aliphatic rings. The van der Waals surface area contributed by atoms with E-state index in [1.54, 1.807) is 0 Å². The monoisotopic (exact) mass is 438 g/mol. The fraction of sp³-hybridized carbons (Fsp3) is 0.720. The molecule has 0 bridgehead atoms. The summed E-state index contributed by atoms with van der Waals surface area (Å²) in [5.74, 6) is 2.13. The molecule has 5 rings (SSSR count). The Morgan fingerprint density at radius 3 is 2.62 bits per heavy atom. The molecule has 32 heavy (non-hydrogen) atoms. The van der Waals surface area contributed by atoms with Gasteiger partial charge in [-0.05, 0) is 57.1 Å². The van der Waals surface area contributed by atoms with Crippen LogP contribution in [0.25, 0.3) is 11.3 Å². The zero-order chi connectivity index (χ0) is 21.8. The van der Waals surface area contributed by atoms with E-state index in [1.165, 1.54) is 70.9 Å². The maximum Gasteiger partial charge on any atom is 0.225 e. The van der Waals surface area contributed by atoms with Crippen LogP contribution >= 0.6 is 0 Å². The summed E-state index contributed by atoms with van der Waals surface area (Å²) in [4.78, 5) is 14.5. The van der Waals surface area contributed by atoms with Crippen LogP contribution in [0.15, 0.2) is 18.5 Å². The average molecular weight is 439 g/mol. The molecule has 2 aromatic heterocycles. The number of rotatable bonds is 7. The Hall–Kier alpha value is -1.99. The molecule has 0 spiro atoms. The SMILES string of the molecule is OCCn1cc(-c2ccnc(N3CCCC3)n2)c([C@H]2CCCN(CC3CCCCC3)C2)n1. The van der Waals surface area contributed by atoms with Crippen LogP contribution in [-0.4, -0.2) is 69.1 Å². The van der Waals surface area contributed by atoms with Gasteiger partial charge in [0, 0.05) is 50.1 Å². The standard InChI is InChI=1S/C25H38N6O/c32-16-15-31-19-22(23-10-11-26-25(27-23)30-13-4-5-14-30)24(28-31)21-9-6-12-29(18-21)17-20-7-2-1-3-8-20/h10-11,19-21,32H,1-9,12-18H2/t21-/m0/s1. The van der Waals surface area contributed by atoms with Crippen molar-refractivity contribution < 1.29 is 5.11 Å². The van der Waals surface area contributed by atoms with Gasteiger partial charge in [0.15, 0.2) is 0 Å². The molecule has 2 aliphatic heterocycles. The highest BCUT2D eigenvalue weighted by Crippen LogP contribution is 2.35. The first-order chi connectivity index (χ1) is 15.8. The summed E-state index contributed by atoms with van der Waals surface area (Å²) in [6, 6.07) is 2.02. The summed E-state index contributed by atoms with van der Waals surface area (Å²) in [6.45, 7) is 6.25. The van der Waals surface area contributed by atoms with Crippen molar-refractivity contribution in [3.63, 3.8) is 0 Å². The summed E-state index contributed by atoms with van der Waals surface area (Å²) >= 11 is 0. The second-order valence-corrected chi connectivity index (χ2v) is 9.95. The van der Waals surface area contributed by atoms with Crippen LogP contribution in [0.3, 0.4) is 0 Å². The first-order valence-corrected chi connectivity index (χ1v) is 12.8. The minimum absolute atomic E-state index is 0.0990. The molecule has 2 saturated heterocycles. The molecular weight excluding hydrogens is 400 g/mol. The molecule has 1 aliphatic carbocycles. The lowest BCUT2D eigenvalue weighted by atomic mass is 9.87. The number of hydrogen-bond acceptors (Lipinski definition) is 6. The van der Waals surface area contributed by atoms with Crippen LogP contribution in [0, 0.1) is 5.92 Å². The molecular formula is C25H38N6O. The quantitative estimate of drug-likeness (QED) is 0.711. The topological polar surface area (TPSA) is 70.3 Å². The fourth-order valence-corrected chi connectivity index (χ4v) is 5.90. The molecule has 1 N–H and O–H groups in total. The Balaban J connectivity index is 1.38. The van der Waals surface area contributed by atoms with Gasteiger partial charge in [-0.2, -0.15) is 5.10 Å². The third kappa shape index (κ3) is 4.99. The Morgan fingerprint density at radius 1 is 0.969 bits per heavy atom. The number of piperidine rings is 1. The van der Waals surface area contributed by atoms with E-state index in [4.69, 9.17) is 10.1 Å². The van der Waals surface area contributed by atoms with Crippen LogP contribution in [0.5, 0.6) is 0 Å². The van der Waals surface area contributed by atoms with Crippen molar-refractivity contribution in [2.75, 3.05) is 44.2 Å². The number of aliphatic hydroxyl groups excluding tert-OH is 1. The van der Waals surface area contributed by atoms with E-state index >= 15 is 0 Å². The van der Waals surface area contributed by atoms with E-state index in [0.29, 0.717) is 12.5 Å². The smallest absolute Gasteiger partial charge is 0.225 e. The number of aromatic nitrogens is 4. The lowest BCUT2D eigenvalue weighted by Crippen LogP contribution is -2.38. The van der Waals surface area contributed by atoms with Crippen molar-refractivity contribution >= 4 is 5.95 Å². The highest BCUT2D eigenvalue weighted by molar-refractivity contribution is 5.63. The van der Waals surface area contributed by atoms with Crippen molar-refractivity contribution in [2.45, 2.75) is 70.3 Å². The summed E-state index contributed by atoms with van der Waals surface area (Å²) in [6.07, 6.45) is 15.8. The second kappa shape index (κ2) is 10.3. The van der Waals surface area contributed by atoms with Crippen LogP contribution in [0.2, 0.25) is 0 Å². The van der Waals surface area contributed by atoms with Gasteiger partial charge in [-0.15, -0.1) is 0 Å². The minimum Gasteiger partial charge on any atom is -0.394 e. The third-order valence-electron chi connectivity index (χ3n) is 7.56. The Labute approximate surface area is 191 Å². The Morgan fingerprint density at radius 2 is 1.81 bits per heavy atom. The summed E-state index contributed by atoms with van der Waals surface area (Å²) in [5.41, 5.74) is 3.23. The van der Waals surface area contributed by atoms with E-state index in [0.717, 1.165) is 48.5 Å². The summed E-state index contributed by atoms with van der Waals surface area (Å²) in [7, 11) is 0. The predicted molar refractivity (Wildman–Crippen MR) is 127 cm³/mol. The van der Waals surface area contributed by atoms with Gasteiger partial charge in [0.1, 0.15) is 0 Å². The molecule has 174 valence electrons. The molecule has 2 aromatic rings. The maximum atomic E-state index is 9.51. The van der Waals surface area contributed by atoms with Crippen LogP contribution in [0.4, 0.5) is 5.95 Å². The average Bonchev–Trinajstić information content (AvgIpc) is 3.51. The molecule has 0 radical (unpaired) electrons. The van der Waals surface area contributed by atoms with Gasteiger partial charge < -0.3 is 14.9 Å². The molecule has 4 heterocycles. The van der Waals surface area contributed by atoms with Gasteiger partial charge in [-0.3, -0.25) is 4.68 Å². The molecule has 3 fully saturated rings. The molecule has 0 amide bonds. The predicted octanol–water partition coefficient (Wildman–Crippen LogP) is 3.69. The van der Waals surface area contributed by atoms with Gasteiger partial charge >= 0.3 is 0 Å². The van der Waals surface area contributed by atoms with Gasteiger partial charge in [0.05, 0.1) is 24.5 Å². The fourth-order valence-electron chi connectivity index (χ4n) is 5.90. The van der Waals surface area contributed by atoms with Gasteiger partial charge in [0.25, 0.3) is 0 Å². The van der Waals surface area contributed by atoms with E-state index in [1.807, 2.05) is 16.9 Å². The molecule has 7 nitrogen and oxygen atoms in total. The maximum absolute atomic E-state index is 9.51. The highest BCUT2D eigenvalue weighted by Gasteiger charge is 2.29. The lowest BCUT2D eigenvalue weighted by Gasteiger charge is -2.35. The number of likely N-dealkylation sites (tertiary alicyclic amines) is 1.